The zero-order valence-corrected chi connectivity index (χ0v) is 11.7. The third kappa shape index (κ3) is 3.06. The molecule has 0 radical (unpaired) electrons. The summed E-state index contributed by atoms with van der Waals surface area (Å²) < 4.78 is 17.0. The number of aromatic nitrogens is 4. The highest BCUT2D eigenvalue weighted by molar-refractivity contribution is 5.70. The van der Waals surface area contributed by atoms with Gasteiger partial charge >= 0.3 is 0 Å². The highest BCUT2D eigenvalue weighted by atomic mass is 19.2. The second-order valence-electron chi connectivity index (χ2n) is 4.60. The molecule has 3 rings (SSSR count). The number of hydrogen-bond donors (Lipinski definition) is 5. The van der Waals surface area contributed by atoms with Crippen LogP contribution in [0.5, 0.6) is 0 Å². The molecule has 1 aliphatic rings. The third-order valence-corrected chi connectivity index (χ3v) is 3.09. The van der Waals surface area contributed by atoms with E-state index in [2.05, 4.69) is 15.0 Å². The molecule has 3 atom stereocenters. The van der Waals surface area contributed by atoms with Gasteiger partial charge in [0.2, 0.25) is 5.95 Å². The lowest BCUT2D eigenvalue weighted by Gasteiger charge is -2.16. The summed E-state index contributed by atoms with van der Waals surface area (Å²) in [4.78, 5) is 21.9. The first-order valence-corrected chi connectivity index (χ1v) is 6.45. The minimum atomic E-state index is -0.808. The Morgan fingerprint density at radius 3 is 2.95 bits per heavy atom. The quantitative estimate of drug-likeness (QED) is 0.417. The Morgan fingerprint density at radius 1 is 1.68 bits per heavy atom. The summed E-state index contributed by atoms with van der Waals surface area (Å²) in [7, 11) is 1.21. The molecule has 0 bridgehead atoms. The number of aromatic amines is 1. The van der Waals surface area contributed by atoms with Crippen LogP contribution in [0.25, 0.3) is 11.2 Å². The van der Waals surface area contributed by atoms with Crippen LogP contribution in [-0.4, -0.2) is 55.6 Å². The number of nitrogens with one attached hydrogen (secondary N) is 2. The lowest BCUT2D eigenvalue weighted by molar-refractivity contribution is -0.0486. The maximum absolute atomic E-state index is 11.6. The van der Waals surface area contributed by atoms with Crippen molar-refractivity contribution in [3.8, 4) is 0 Å². The smallest absolute Gasteiger partial charge is 0.280 e. The Morgan fingerprint density at radius 2 is 2.36 bits per heavy atom. The fraction of sp³-hybridized carbons (Fsp3) is 0.545. The molecule has 1 fully saturated rings. The molecule has 2 aromatic rings. The summed E-state index contributed by atoms with van der Waals surface area (Å²) in [6, 6.07) is 0. The van der Waals surface area contributed by atoms with Gasteiger partial charge in [0.1, 0.15) is 6.10 Å². The third-order valence-electron chi connectivity index (χ3n) is 3.09. The van der Waals surface area contributed by atoms with E-state index in [1.165, 1.54) is 23.5 Å². The van der Waals surface area contributed by atoms with E-state index in [1.807, 2.05) is 0 Å². The fourth-order valence-electron chi connectivity index (χ4n) is 2.23. The number of rotatable bonds is 2. The van der Waals surface area contributed by atoms with Gasteiger partial charge in [0.05, 0.1) is 19.0 Å². The minimum absolute atomic E-state index is 0.0366. The van der Waals surface area contributed by atoms with E-state index in [4.69, 9.17) is 15.6 Å². The SMILES string of the molecule is CNF.Nc1nc2c(ncn2C2OC(CO)CC2O)c(=O)[nH]1. The van der Waals surface area contributed by atoms with Gasteiger partial charge in [-0.15, -0.1) is 4.48 Å². The molecule has 0 saturated carbocycles. The molecule has 3 heterocycles. The zero-order valence-electron chi connectivity index (χ0n) is 11.7. The number of nitrogens with zero attached hydrogens (tertiary/aromatic N) is 3. The summed E-state index contributed by atoms with van der Waals surface area (Å²) in [6.07, 6.45) is -0.330. The van der Waals surface area contributed by atoms with Crippen LogP contribution in [0, 0.1) is 0 Å². The monoisotopic (exact) mass is 316 g/mol. The average molecular weight is 316 g/mol. The van der Waals surface area contributed by atoms with Gasteiger partial charge in [-0.3, -0.25) is 14.3 Å². The Kier molecular flexibility index (Phi) is 5.03. The zero-order chi connectivity index (χ0) is 16.3. The molecule has 11 heteroatoms. The molecule has 122 valence electrons. The lowest BCUT2D eigenvalue weighted by atomic mass is 10.2. The van der Waals surface area contributed by atoms with Crippen molar-refractivity contribution in [3.63, 3.8) is 0 Å². The molecule has 3 unspecified atom stereocenters. The maximum Gasteiger partial charge on any atom is 0.280 e. The standard InChI is InChI=1S/C10H13N5O4.CH4FN/c11-10-13-7-6(8(18)14-10)12-3-15(7)9-5(17)1-4(2-16)19-9;1-3-2/h3-5,9,16-17H,1-2H2,(H3,11,13,14,18);3H,1H3. The summed E-state index contributed by atoms with van der Waals surface area (Å²) in [6.45, 7) is -0.184. The van der Waals surface area contributed by atoms with Gasteiger partial charge in [0, 0.05) is 13.5 Å². The van der Waals surface area contributed by atoms with Crippen molar-refractivity contribution in [2.45, 2.75) is 24.9 Å². The molecule has 2 aromatic heterocycles. The molecule has 0 spiro atoms. The molecular formula is C11H17FN6O4. The Balaban J connectivity index is 0.000000545. The molecule has 0 aliphatic carbocycles. The van der Waals surface area contributed by atoms with Crippen molar-refractivity contribution in [2.75, 3.05) is 19.4 Å². The van der Waals surface area contributed by atoms with E-state index in [9.17, 15) is 14.4 Å². The molecular weight excluding hydrogens is 299 g/mol. The van der Waals surface area contributed by atoms with Gasteiger partial charge in [-0.05, 0) is 0 Å². The first kappa shape index (κ1) is 16.3. The van der Waals surface area contributed by atoms with E-state index in [0.29, 0.717) is 6.42 Å². The Labute approximate surface area is 123 Å². The predicted molar refractivity (Wildman–Crippen MR) is 74.3 cm³/mol. The summed E-state index contributed by atoms with van der Waals surface area (Å²) >= 11 is 0. The van der Waals surface area contributed by atoms with Gasteiger partial charge in [0.25, 0.3) is 5.56 Å². The van der Waals surface area contributed by atoms with E-state index >= 15 is 0 Å². The highest BCUT2D eigenvalue weighted by Crippen LogP contribution is 2.30. The van der Waals surface area contributed by atoms with Gasteiger partial charge in [0.15, 0.2) is 17.4 Å². The summed E-state index contributed by atoms with van der Waals surface area (Å²) in [5.41, 5.74) is 6.65. The second kappa shape index (κ2) is 6.79. The maximum atomic E-state index is 11.6. The van der Waals surface area contributed by atoms with Gasteiger partial charge < -0.3 is 20.7 Å². The number of halogens is 1. The van der Waals surface area contributed by atoms with Crippen molar-refractivity contribution in [1.82, 2.24) is 25.1 Å². The predicted octanol–water partition coefficient (Wildman–Crippen LogP) is -1.57. The van der Waals surface area contributed by atoms with Crippen LogP contribution in [0.4, 0.5) is 10.4 Å². The molecule has 1 saturated heterocycles. The Hall–Kier alpha value is -2.08. The van der Waals surface area contributed by atoms with E-state index in [0.717, 1.165) is 0 Å². The highest BCUT2D eigenvalue weighted by Gasteiger charge is 2.35. The van der Waals surface area contributed by atoms with Crippen molar-refractivity contribution >= 4 is 17.1 Å². The number of aliphatic hydroxyl groups is 2. The molecule has 22 heavy (non-hydrogen) atoms. The van der Waals surface area contributed by atoms with Gasteiger partial charge in [-0.25, -0.2) is 4.98 Å². The van der Waals surface area contributed by atoms with Crippen molar-refractivity contribution < 1.29 is 19.4 Å². The molecule has 1 aliphatic heterocycles. The number of ether oxygens (including phenoxy) is 1. The number of fused-ring (bicyclic) bond motifs is 1. The van der Waals surface area contributed by atoms with Crippen LogP contribution in [0.15, 0.2) is 11.1 Å². The molecule has 0 amide bonds. The Bertz CT molecular complexity index is 689. The van der Waals surface area contributed by atoms with Crippen molar-refractivity contribution in [2.24, 2.45) is 0 Å². The van der Waals surface area contributed by atoms with Gasteiger partial charge in [-0.1, -0.05) is 0 Å². The van der Waals surface area contributed by atoms with Crippen LogP contribution < -0.4 is 16.8 Å². The lowest BCUT2D eigenvalue weighted by Crippen LogP contribution is -2.20. The number of imidazole rings is 1. The average Bonchev–Trinajstić information content (AvgIpc) is 3.03. The fourth-order valence-corrected chi connectivity index (χ4v) is 2.23. The van der Waals surface area contributed by atoms with Crippen LogP contribution in [0.1, 0.15) is 12.6 Å². The number of H-pyrrole nitrogens is 1. The first-order chi connectivity index (χ1) is 10.5. The number of nitrogen functional groups attached to an aromatic ring is 1. The number of aliphatic hydroxyl groups excluding tert-OH is 2. The normalized spacial score (nSPS) is 24.3. The van der Waals surface area contributed by atoms with Crippen molar-refractivity contribution in [1.29, 1.82) is 0 Å². The van der Waals surface area contributed by atoms with E-state index < -0.39 is 24.0 Å². The number of nitrogens with two attached hydrogens (primary N) is 1. The van der Waals surface area contributed by atoms with E-state index in [-0.39, 0.29) is 23.7 Å². The van der Waals surface area contributed by atoms with Crippen LogP contribution >= 0.6 is 0 Å². The molecule has 6 N–H and O–H groups in total. The topological polar surface area (TPSA) is 151 Å². The van der Waals surface area contributed by atoms with Crippen LogP contribution in [-0.2, 0) is 4.74 Å². The molecule has 10 nitrogen and oxygen atoms in total. The minimum Gasteiger partial charge on any atom is -0.394 e. The first-order valence-electron chi connectivity index (χ1n) is 6.45. The summed E-state index contributed by atoms with van der Waals surface area (Å²) in [5.74, 6) is -0.0366. The number of anilines is 1. The van der Waals surface area contributed by atoms with Gasteiger partial charge in [-0.2, -0.15) is 10.5 Å². The van der Waals surface area contributed by atoms with Crippen LogP contribution in [0.2, 0.25) is 0 Å². The second-order valence-corrected chi connectivity index (χ2v) is 4.60. The van der Waals surface area contributed by atoms with E-state index in [1.54, 1.807) is 0 Å². The number of hydrogen-bond acceptors (Lipinski definition) is 8. The molecule has 0 aromatic carbocycles. The van der Waals surface area contributed by atoms with Crippen molar-refractivity contribution in [3.05, 3.63) is 16.7 Å². The van der Waals surface area contributed by atoms with Crippen LogP contribution in [0.3, 0.4) is 0 Å². The largest absolute Gasteiger partial charge is 0.394 e. The summed E-state index contributed by atoms with van der Waals surface area (Å²) in [5, 5.41) is 19.0.